The molecule has 0 spiro atoms. The molecule has 1 heterocycles. The first-order chi connectivity index (χ1) is 17.1. The van der Waals surface area contributed by atoms with Gasteiger partial charge in [0.25, 0.3) is 10.0 Å². The number of anilines is 2. The Balaban J connectivity index is 2.09. The lowest BCUT2D eigenvalue weighted by Gasteiger charge is -2.29. The van der Waals surface area contributed by atoms with Crippen molar-refractivity contribution in [3.8, 4) is 11.5 Å². The number of methoxy groups -OCH3 is 2. The summed E-state index contributed by atoms with van der Waals surface area (Å²) in [6.45, 7) is 1.81. The van der Waals surface area contributed by atoms with E-state index in [-0.39, 0.29) is 27.9 Å². The van der Waals surface area contributed by atoms with E-state index in [0.717, 1.165) is 4.31 Å². The molecule has 1 aromatic heterocycles. The molecule has 0 bridgehead atoms. The first-order valence-electron chi connectivity index (χ1n) is 11.0. The maximum absolute atomic E-state index is 14.0. The standard InChI is InChI=1S/C24H29ClN4O6S/c1-6-28(15-17-11-12-35-26-17)24(30)16-29(21-13-18(27(2)3)7-9-20(21)25)36(31,32)19-8-10-22(33-4)23(14-19)34-5/h7-14H,6,15-16H2,1-5H3. The predicted molar refractivity (Wildman–Crippen MR) is 137 cm³/mol. The number of nitrogens with zero attached hydrogens (tertiary/aromatic N) is 4. The normalized spacial score (nSPS) is 11.2. The van der Waals surface area contributed by atoms with Crippen molar-refractivity contribution in [2.45, 2.75) is 18.4 Å². The van der Waals surface area contributed by atoms with Crippen molar-refractivity contribution in [1.29, 1.82) is 0 Å². The molecule has 194 valence electrons. The first-order valence-corrected chi connectivity index (χ1v) is 12.8. The van der Waals surface area contributed by atoms with Crippen LogP contribution in [-0.2, 0) is 21.4 Å². The lowest BCUT2D eigenvalue weighted by Crippen LogP contribution is -2.43. The van der Waals surface area contributed by atoms with E-state index in [1.807, 2.05) is 19.0 Å². The van der Waals surface area contributed by atoms with Crippen LogP contribution in [-0.4, -0.2) is 65.8 Å². The Morgan fingerprint density at radius 1 is 1.06 bits per heavy atom. The monoisotopic (exact) mass is 536 g/mol. The van der Waals surface area contributed by atoms with E-state index in [9.17, 15) is 13.2 Å². The Kier molecular flexibility index (Phi) is 8.70. The van der Waals surface area contributed by atoms with Gasteiger partial charge in [0.05, 0.1) is 36.4 Å². The maximum Gasteiger partial charge on any atom is 0.264 e. The second-order valence-corrected chi connectivity index (χ2v) is 10.2. The number of carbonyl (C=O) groups excluding carboxylic acids is 1. The summed E-state index contributed by atoms with van der Waals surface area (Å²) >= 11 is 6.49. The summed E-state index contributed by atoms with van der Waals surface area (Å²) in [7, 11) is 2.25. The molecule has 3 rings (SSSR count). The van der Waals surface area contributed by atoms with E-state index >= 15 is 0 Å². The quantitative estimate of drug-likeness (QED) is 0.365. The summed E-state index contributed by atoms with van der Waals surface area (Å²) < 4.78 is 44.3. The van der Waals surface area contributed by atoms with Crippen molar-refractivity contribution < 1.29 is 27.2 Å². The molecule has 0 aliphatic carbocycles. The number of hydrogen-bond donors (Lipinski definition) is 0. The molecule has 0 N–H and O–H groups in total. The minimum atomic E-state index is -4.26. The van der Waals surface area contributed by atoms with Crippen molar-refractivity contribution in [2.24, 2.45) is 0 Å². The van der Waals surface area contributed by atoms with Crippen LogP contribution < -0.4 is 18.7 Å². The summed E-state index contributed by atoms with van der Waals surface area (Å²) in [5.41, 5.74) is 1.43. The number of carbonyl (C=O) groups is 1. The number of amides is 1. The molecule has 3 aromatic rings. The lowest BCUT2D eigenvalue weighted by molar-refractivity contribution is -0.130. The number of sulfonamides is 1. The number of halogens is 1. The predicted octanol–water partition coefficient (Wildman–Crippen LogP) is 3.66. The van der Waals surface area contributed by atoms with Crippen LogP contribution in [0, 0.1) is 0 Å². The van der Waals surface area contributed by atoms with Gasteiger partial charge in [-0.1, -0.05) is 16.8 Å². The van der Waals surface area contributed by atoms with Gasteiger partial charge in [-0.2, -0.15) is 0 Å². The molecular weight excluding hydrogens is 508 g/mol. The van der Waals surface area contributed by atoms with E-state index < -0.39 is 22.5 Å². The number of rotatable bonds is 11. The average molecular weight is 537 g/mol. The van der Waals surface area contributed by atoms with Gasteiger partial charge < -0.3 is 23.8 Å². The number of aromatic nitrogens is 1. The highest BCUT2D eigenvalue weighted by molar-refractivity contribution is 7.92. The molecule has 0 radical (unpaired) electrons. The van der Waals surface area contributed by atoms with Gasteiger partial charge in [-0.05, 0) is 37.3 Å². The molecule has 0 unspecified atom stereocenters. The van der Waals surface area contributed by atoms with Gasteiger partial charge in [0.15, 0.2) is 11.5 Å². The Morgan fingerprint density at radius 2 is 1.78 bits per heavy atom. The van der Waals surface area contributed by atoms with Crippen LogP contribution in [0.4, 0.5) is 11.4 Å². The smallest absolute Gasteiger partial charge is 0.264 e. The zero-order valence-corrected chi connectivity index (χ0v) is 22.3. The Hall–Kier alpha value is -3.44. The molecule has 12 heteroatoms. The van der Waals surface area contributed by atoms with E-state index in [1.165, 1.54) is 43.6 Å². The molecule has 10 nitrogen and oxygen atoms in total. The molecule has 0 aliphatic heterocycles. The fourth-order valence-electron chi connectivity index (χ4n) is 3.49. The second kappa shape index (κ2) is 11.5. The van der Waals surface area contributed by atoms with Crippen LogP contribution >= 0.6 is 11.6 Å². The second-order valence-electron chi connectivity index (χ2n) is 7.96. The molecule has 0 aliphatic rings. The first kappa shape index (κ1) is 27.2. The zero-order valence-electron chi connectivity index (χ0n) is 20.8. The summed E-state index contributed by atoms with van der Waals surface area (Å²) in [6, 6.07) is 10.9. The highest BCUT2D eigenvalue weighted by atomic mass is 35.5. The van der Waals surface area contributed by atoms with Gasteiger partial charge in [-0.25, -0.2) is 8.42 Å². The summed E-state index contributed by atoms with van der Waals surface area (Å²) in [5.74, 6) is 0.173. The number of hydrogen-bond acceptors (Lipinski definition) is 8. The topological polar surface area (TPSA) is 105 Å². The average Bonchev–Trinajstić information content (AvgIpc) is 3.38. The number of ether oxygens (including phenoxy) is 2. The molecular formula is C24H29ClN4O6S. The van der Waals surface area contributed by atoms with Crippen molar-refractivity contribution in [3.63, 3.8) is 0 Å². The number of benzene rings is 2. The largest absolute Gasteiger partial charge is 0.493 e. The molecule has 36 heavy (non-hydrogen) atoms. The summed E-state index contributed by atoms with van der Waals surface area (Å²) in [4.78, 5) is 16.6. The van der Waals surface area contributed by atoms with Crippen LogP contribution in [0.5, 0.6) is 11.5 Å². The third-order valence-electron chi connectivity index (χ3n) is 5.52. The van der Waals surface area contributed by atoms with Crippen molar-refractivity contribution in [3.05, 3.63) is 59.4 Å². The minimum Gasteiger partial charge on any atom is -0.493 e. The van der Waals surface area contributed by atoms with Crippen LogP contribution in [0.1, 0.15) is 12.6 Å². The Labute approximate surface area is 216 Å². The van der Waals surface area contributed by atoms with E-state index in [4.69, 9.17) is 25.6 Å². The maximum atomic E-state index is 14.0. The van der Waals surface area contributed by atoms with Gasteiger partial charge in [-0.3, -0.25) is 9.10 Å². The van der Waals surface area contributed by atoms with Crippen LogP contribution in [0.3, 0.4) is 0 Å². The third-order valence-corrected chi connectivity index (χ3v) is 7.59. The molecule has 1 amide bonds. The number of likely N-dealkylation sites (N-methyl/N-ethyl adjacent to an activating group) is 1. The highest BCUT2D eigenvalue weighted by Gasteiger charge is 2.31. The van der Waals surface area contributed by atoms with Crippen molar-refractivity contribution >= 4 is 38.9 Å². The molecule has 0 fully saturated rings. The molecule has 0 saturated carbocycles. The fourth-order valence-corrected chi connectivity index (χ4v) is 5.20. The fraction of sp³-hybridized carbons (Fsp3) is 0.333. The third kappa shape index (κ3) is 5.85. The molecule has 0 atom stereocenters. The highest BCUT2D eigenvalue weighted by Crippen LogP contribution is 2.36. The lowest BCUT2D eigenvalue weighted by atomic mass is 10.2. The Morgan fingerprint density at radius 3 is 2.36 bits per heavy atom. The van der Waals surface area contributed by atoms with Gasteiger partial charge >= 0.3 is 0 Å². The van der Waals surface area contributed by atoms with Crippen LogP contribution in [0.2, 0.25) is 5.02 Å². The summed E-state index contributed by atoms with van der Waals surface area (Å²) in [5, 5.41) is 4.03. The van der Waals surface area contributed by atoms with E-state index in [0.29, 0.717) is 23.7 Å². The van der Waals surface area contributed by atoms with E-state index in [2.05, 4.69) is 5.16 Å². The molecule has 2 aromatic carbocycles. The van der Waals surface area contributed by atoms with Gasteiger partial charge in [-0.15, -0.1) is 0 Å². The zero-order chi connectivity index (χ0) is 26.5. The van der Waals surface area contributed by atoms with Gasteiger partial charge in [0.1, 0.15) is 18.5 Å². The minimum absolute atomic E-state index is 0.0844. The summed E-state index contributed by atoms with van der Waals surface area (Å²) in [6.07, 6.45) is 1.41. The van der Waals surface area contributed by atoms with Crippen molar-refractivity contribution in [2.75, 3.05) is 50.6 Å². The van der Waals surface area contributed by atoms with E-state index in [1.54, 1.807) is 31.2 Å². The molecule has 0 saturated heterocycles. The van der Waals surface area contributed by atoms with Gasteiger partial charge in [0, 0.05) is 38.5 Å². The van der Waals surface area contributed by atoms with Crippen LogP contribution in [0.25, 0.3) is 0 Å². The Bertz CT molecular complexity index is 1300. The van der Waals surface area contributed by atoms with Gasteiger partial charge in [0.2, 0.25) is 5.91 Å². The van der Waals surface area contributed by atoms with Crippen LogP contribution in [0.15, 0.2) is 58.1 Å². The van der Waals surface area contributed by atoms with Crippen molar-refractivity contribution in [1.82, 2.24) is 10.1 Å². The SMILES string of the molecule is CCN(Cc1ccon1)C(=O)CN(c1cc(N(C)C)ccc1Cl)S(=O)(=O)c1ccc(OC)c(OC)c1.